The highest BCUT2D eigenvalue weighted by atomic mass is 35.5. The molecule has 2 atom stereocenters. The Balaban J connectivity index is 2.81. The zero-order chi connectivity index (χ0) is 10.8. The van der Waals surface area contributed by atoms with Crippen molar-refractivity contribution in [3.05, 3.63) is 35.9 Å². The summed E-state index contributed by atoms with van der Waals surface area (Å²) in [6, 6.07) is 9.52. The Morgan fingerprint density at radius 3 is 2.07 bits per heavy atom. The van der Waals surface area contributed by atoms with Crippen molar-refractivity contribution in [1.82, 2.24) is 0 Å². The molecule has 0 aliphatic heterocycles. The number of benzene rings is 1. The van der Waals surface area contributed by atoms with E-state index in [9.17, 15) is 5.11 Å². The van der Waals surface area contributed by atoms with Crippen LogP contribution in [0.15, 0.2) is 30.3 Å². The largest absolute Gasteiger partial charge is 0.389 e. The predicted octanol–water partition coefficient (Wildman–Crippen LogP) is 3.34. The van der Waals surface area contributed by atoms with Crippen LogP contribution in [-0.4, -0.2) is 16.1 Å². The van der Waals surface area contributed by atoms with E-state index >= 15 is 0 Å². The molecule has 0 aliphatic carbocycles. The van der Waals surface area contributed by atoms with E-state index in [1.807, 2.05) is 30.3 Å². The zero-order valence-electron chi connectivity index (χ0n) is 8.24. The normalized spacial score (nSPS) is 16.4. The van der Waals surface area contributed by atoms with E-state index in [2.05, 4.69) is 0 Å². The van der Waals surface area contributed by atoms with Crippen molar-refractivity contribution in [3.63, 3.8) is 0 Å². The van der Waals surface area contributed by atoms with Crippen molar-refractivity contribution in [3.8, 4) is 0 Å². The summed E-state index contributed by atoms with van der Waals surface area (Å²) < 4.78 is 0. The number of aliphatic hydroxyl groups is 1. The molecule has 0 radical (unpaired) electrons. The topological polar surface area (TPSA) is 20.2 Å². The van der Waals surface area contributed by atoms with E-state index in [0.717, 1.165) is 5.56 Å². The molecule has 0 aromatic heterocycles. The number of halogens is 2. The van der Waals surface area contributed by atoms with Crippen LogP contribution in [0.4, 0.5) is 0 Å². The van der Waals surface area contributed by atoms with Crippen molar-refractivity contribution in [1.29, 1.82) is 0 Å². The Hall–Kier alpha value is -0.240. The second-order valence-electron chi connectivity index (χ2n) is 3.87. The molecule has 0 spiro atoms. The van der Waals surface area contributed by atoms with Crippen LogP contribution in [0.1, 0.15) is 24.8 Å². The molecule has 1 aromatic rings. The molecule has 0 aliphatic rings. The summed E-state index contributed by atoms with van der Waals surface area (Å²) in [7, 11) is 0. The summed E-state index contributed by atoms with van der Waals surface area (Å²) in [4.78, 5) is 0. The van der Waals surface area contributed by atoms with Crippen LogP contribution in [0.25, 0.3) is 0 Å². The van der Waals surface area contributed by atoms with E-state index in [0.29, 0.717) is 0 Å². The standard InChI is InChI=1S/C11H14Cl2O/c1-11(2,14)10(13)9(12)8-6-4-3-5-7-8/h3-7,9-10,14H,1-2H3/t9-,10-/m1/s1. The van der Waals surface area contributed by atoms with Gasteiger partial charge in [-0.15, -0.1) is 23.2 Å². The Labute approximate surface area is 94.7 Å². The lowest BCUT2D eigenvalue weighted by Gasteiger charge is -2.27. The van der Waals surface area contributed by atoms with Gasteiger partial charge in [0.1, 0.15) is 0 Å². The van der Waals surface area contributed by atoms with Gasteiger partial charge in [0.05, 0.1) is 16.4 Å². The highest BCUT2D eigenvalue weighted by Crippen LogP contribution is 2.34. The first kappa shape index (κ1) is 11.8. The van der Waals surface area contributed by atoms with Crippen molar-refractivity contribution in [2.24, 2.45) is 0 Å². The van der Waals surface area contributed by atoms with Gasteiger partial charge in [0, 0.05) is 0 Å². The molecule has 3 heteroatoms. The third-order valence-corrected chi connectivity index (χ3v) is 3.47. The highest BCUT2D eigenvalue weighted by Gasteiger charge is 2.31. The second-order valence-corrected chi connectivity index (χ2v) is 4.81. The first-order chi connectivity index (χ1) is 6.43. The minimum absolute atomic E-state index is 0.377. The van der Waals surface area contributed by atoms with Crippen molar-refractivity contribution >= 4 is 23.2 Å². The summed E-state index contributed by atoms with van der Waals surface area (Å²) in [6.07, 6.45) is 0. The molecule has 1 nitrogen and oxygen atoms in total. The highest BCUT2D eigenvalue weighted by molar-refractivity contribution is 6.30. The third kappa shape index (κ3) is 2.88. The molecule has 1 aromatic carbocycles. The Morgan fingerprint density at radius 2 is 1.64 bits per heavy atom. The maximum Gasteiger partial charge on any atom is 0.0822 e. The maximum atomic E-state index is 9.70. The Bertz CT molecular complexity index is 279. The summed E-state index contributed by atoms with van der Waals surface area (Å²) in [5.74, 6) is 0. The van der Waals surface area contributed by atoms with Gasteiger partial charge in [-0.3, -0.25) is 0 Å². The van der Waals surface area contributed by atoms with Crippen LogP contribution in [0, 0.1) is 0 Å². The van der Waals surface area contributed by atoms with Gasteiger partial charge >= 0.3 is 0 Å². The van der Waals surface area contributed by atoms with Crippen molar-refractivity contribution in [2.75, 3.05) is 0 Å². The first-order valence-electron chi connectivity index (χ1n) is 4.48. The van der Waals surface area contributed by atoms with E-state index in [1.165, 1.54) is 0 Å². The first-order valence-corrected chi connectivity index (χ1v) is 5.35. The SMILES string of the molecule is CC(C)(O)[C@H](Cl)[C@H](Cl)c1ccccc1. The van der Waals surface area contributed by atoms with E-state index in [1.54, 1.807) is 13.8 Å². The average Bonchev–Trinajstić information content (AvgIpc) is 2.15. The molecule has 0 saturated carbocycles. The summed E-state index contributed by atoms with van der Waals surface area (Å²) in [5.41, 5.74) is -0.0552. The maximum absolute atomic E-state index is 9.70. The Morgan fingerprint density at radius 1 is 1.14 bits per heavy atom. The number of rotatable bonds is 3. The quantitative estimate of drug-likeness (QED) is 0.794. The summed E-state index contributed by atoms with van der Waals surface area (Å²) >= 11 is 12.2. The van der Waals surface area contributed by atoms with E-state index in [4.69, 9.17) is 23.2 Å². The monoisotopic (exact) mass is 232 g/mol. The molecule has 14 heavy (non-hydrogen) atoms. The minimum atomic E-state index is -0.982. The van der Waals surface area contributed by atoms with Crippen LogP contribution >= 0.6 is 23.2 Å². The minimum Gasteiger partial charge on any atom is -0.389 e. The summed E-state index contributed by atoms with van der Waals surface area (Å²) in [5, 5.41) is 8.82. The van der Waals surface area contributed by atoms with Gasteiger partial charge < -0.3 is 5.11 Å². The summed E-state index contributed by atoms with van der Waals surface area (Å²) in [6.45, 7) is 3.31. The smallest absolute Gasteiger partial charge is 0.0822 e. The van der Waals surface area contributed by atoms with Crippen molar-refractivity contribution < 1.29 is 5.11 Å². The fourth-order valence-electron chi connectivity index (χ4n) is 1.16. The van der Waals surface area contributed by atoms with Crippen LogP contribution in [0.2, 0.25) is 0 Å². The Kier molecular flexibility index (Phi) is 3.82. The lowest BCUT2D eigenvalue weighted by molar-refractivity contribution is 0.0741. The van der Waals surface area contributed by atoms with Crippen LogP contribution in [-0.2, 0) is 0 Å². The molecule has 1 N–H and O–H groups in total. The van der Waals surface area contributed by atoms with Crippen molar-refractivity contribution in [2.45, 2.75) is 30.2 Å². The molecule has 0 fully saturated rings. The zero-order valence-corrected chi connectivity index (χ0v) is 9.76. The van der Waals surface area contributed by atoms with E-state index < -0.39 is 11.0 Å². The molecule has 1 rings (SSSR count). The number of hydrogen-bond donors (Lipinski definition) is 1. The lowest BCUT2D eigenvalue weighted by Crippen LogP contribution is -2.34. The van der Waals surface area contributed by atoms with Gasteiger partial charge in [-0.2, -0.15) is 0 Å². The molecule has 0 saturated heterocycles. The molecule has 0 heterocycles. The van der Waals surface area contributed by atoms with Crippen LogP contribution < -0.4 is 0 Å². The van der Waals surface area contributed by atoms with Crippen LogP contribution in [0.5, 0.6) is 0 Å². The molecule has 0 unspecified atom stereocenters. The van der Waals surface area contributed by atoms with Crippen LogP contribution in [0.3, 0.4) is 0 Å². The molecule has 0 amide bonds. The lowest BCUT2D eigenvalue weighted by atomic mass is 9.98. The number of hydrogen-bond acceptors (Lipinski definition) is 1. The predicted molar refractivity (Wildman–Crippen MR) is 61.0 cm³/mol. The molecular weight excluding hydrogens is 219 g/mol. The molecule has 78 valence electrons. The fourth-order valence-corrected chi connectivity index (χ4v) is 1.76. The third-order valence-electron chi connectivity index (χ3n) is 2.05. The van der Waals surface area contributed by atoms with Gasteiger partial charge in [0.15, 0.2) is 0 Å². The van der Waals surface area contributed by atoms with Gasteiger partial charge in [0.2, 0.25) is 0 Å². The number of alkyl halides is 2. The van der Waals surface area contributed by atoms with E-state index in [-0.39, 0.29) is 5.38 Å². The van der Waals surface area contributed by atoms with Gasteiger partial charge in [0.25, 0.3) is 0 Å². The van der Waals surface area contributed by atoms with Gasteiger partial charge in [-0.05, 0) is 19.4 Å². The van der Waals surface area contributed by atoms with Gasteiger partial charge in [-0.1, -0.05) is 30.3 Å². The molecule has 0 bridgehead atoms. The fraction of sp³-hybridized carbons (Fsp3) is 0.455. The molecular formula is C11H14Cl2O. The van der Waals surface area contributed by atoms with Gasteiger partial charge in [-0.25, -0.2) is 0 Å². The second kappa shape index (κ2) is 4.52. The average molecular weight is 233 g/mol.